The van der Waals surface area contributed by atoms with Crippen LogP contribution in [-0.4, -0.2) is 29.6 Å². The van der Waals surface area contributed by atoms with Crippen LogP contribution in [0, 0.1) is 5.82 Å². The van der Waals surface area contributed by atoms with Crippen LogP contribution in [0.1, 0.15) is 26.7 Å². The number of nitrogens with zero attached hydrogens (tertiary/aromatic N) is 1. The van der Waals surface area contributed by atoms with Gasteiger partial charge in [0.15, 0.2) is 0 Å². The lowest BCUT2D eigenvalue weighted by atomic mass is 10.1. The van der Waals surface area contributed by atoms with Crippen molar-refractivity contribution in [2.75, 3.05) is 18.8 Å². The van der Waals surface area contributed by atoms with Crippen molar-refractivity contribution in [2.24, 2.45) is 5.84 Å². The van der Waals surface area contributed by atoms with Crippen molar-refractivity contribution in [2.45, 2.75) is 11.8 Å². The zero-order valence-electron chi connectivity index (χ0n) is 13.2. The smallest absolute Gasteiger partial charge is 0.265 e. The molecule has 1 saturated heterocycles. The van der Waals surface area contributed by atoms with Crippen LogP contribution in [0.3, 0.4) is 0 Å². The number of benzene rings is 2. The first kappa shape index (κ1) is 17.0. The first-order valence-electron chi connectivity index (χ1n) is 7.85. The highest BCUT2D eigenvalue weighted by molar-refractivity contribution is 7.99. The minimum Gasteiger partial charge on any atom is -0.297 e. The molecule has 3 N–H and O–H groups in total. The molecular formula is C18H20FN3OS. The predicted molar refractivity (Wildman–Crippen MR) is 95.0 cm³/mol. The Labute approximate surface area is 145 Å². The minimum absolute atomic E-state index is 0.181. The summed E-state index contributed by atoms with van der Waals surface area (Å²) in [5, 5.41) is 0.289. The highest BCUT2D eigenvalue weighted by Crippen LogP contribution is 2.33. The molecule has 0 aliphatic carbocycles. The van der Waals surface area contributed by atoms with Crippen LogP contribution in [0.15, 0.2) is 48.5 Å². The molecule has 126 valence electrons. The van der Waals surface area contributed by atoms with Crippen molar-refractivity contribution in [3.05, 3.63) is 71.0 Å². The zero-order valence-corrected chi connectivity index (χ0v) is 14.1. The predicted octanol–water partition coefficient (Wildman–Crippen LogP) is 2.72. The van der Waals surface area contributed by atoms with Gasteiger partial charge in [0.25, 0.3) is 5.91 Å². The van der Waals surface area contributed by atoms with Gasteiger partial charge in [0.1, 0.15) is 5.82 Å². The normalized spacial score (nSPS) is 18.3. The van der Waals surface area contributed by atoms with Crippen LogP contribution < -0.4 is 11.3 Å². The monoisotopic (exact) mass is 345 g/mol. The van der Waals surface area contributed by atoms with Crippen LogP contribution in [0.25, 0.3) is 0 Å². The fourth-order valence-corrected chi connectivity index (χ4v) is 4.16. The highest BCUT2D eigenvalue weighted by atomic mass is 32.2. The van der Waals surface area contributed by atoms with Gasteiger partial charge < -0.3 is 0 Å². The summed E-state index contributed by atoms with van der Waals surface area (Å²) in [7, 11) is 0. The number of hydrogen-bond donors (Lipinski definition) is 2. The molecule has 0 bridgehead atoms. The van der Waals surface area contributed by atoms with E-state index in [4.69, 9.17) is 5.84 Å². The Bertz CT molecular complexity index is 708. The fraction of sp³-hybridized carbons (Fsp3) is 0.278. The van der Waals surface area contributed by atoms with Crippen LogP contribution in [0.5, 0.6) is 0 Å². The van der Waals surface area contributed by atoms with E-state index in [9.17, 15) is 9.18 Å². The molecule has 4 nitrogen and oxygen atoms in total. The summed E-state index contributed by atoms with van der Waals surface area (Å²) in [5.74, 6) is 5.69. The molecule has 6 heteroatoms. The highest BCUT2D eigenvalue weighted by Gasteiger charge is 2.22. The van der Waals surface area contributed by atoms with E-state index in [0.29, 0.717) is 5.56 Å². The Hall–Kier alpha value is -1.89. The third-order valence-electron chi connectivity index (χ3n) is 4.12. The zero-order chi connectivity index (χ0) is 16.9. The molecule has 1 aliphatic rings. The van der Waals surface area contributed by atoms with Crippen LogP contribution in [0.4, 0.5) is 4.39 Å². The number of nitrogens with one attached hydrogen (secondary N) is 1. The molecule has 2 aromatic rings. The second kappa shape index (κ2) is 7.79. The Balaban J connectivity index is 1.64. The summed E-state index contributed by atoms with van der Waals surface area (Å²) in [5.41, 5.74) is 4.87. The second-order valence-electron chi connectivity index (χ2n) is 5.82. The molecular weight excluding hydrogens is 325 g/mol. The number of hydrazine groups is 1. The van der Waals surface area contributed by atoms with Crippen LogP contribution in [0.2, 0.25) is 0 Å². The molecule has 0 radical (unpaired) electrons. The summed E-state index contributed by atoms with van der Waals surface area (Å²) in [4.78, 5) is 13.8. The van der Waals surface area contributed by atoms with Gasteiger partial charge in [0.2, 0.25) is 0 Å². The second-order valence-corrected chi connectivity index (χ2v) is 7.13. The number of carbonyl (C=O) groups is 1. The SMILES string of the molecule is NNC(=O)c1ccc(CN2CCSC(c3cccc(F)c3)C2)cc1. The Morgan fingerprint density at radius 1 is 1.29 bits per heavy atom. The third-order valence-corrected chi connectivity index (χ3v) is 5.37. The molecule has 0 spiro atoms. The number of amides is 1. The minimum atomic E-state index is -0.290. The largest absolute Gasteiger partial charge is 0.297 e. The van der Waals surface area contributed by atoms with E-state index < -0.39 is 0 Å². The van der Waals surface area contributed by atoms with Gasteiger partial charge in [-0.05, 0) is 35.4 Å². The molecule has 1 unspecified atom stereocenters. The van der Waals surface area contributed by atoms with Gasteiger partial charge in [-0.25, -0.2) is 10.2 Å². The van der Waals surface area contributed by atoms with Crippen molar-refractivity contribution in [1.82, 2.24) is 10.3 Å². The number of carbonyl (C=O) groups excluding carboxylic acids is 1. The number of thioether (sulfide) groups is 1. The summed E-state index contributed by atoms with van der Waals surface area (Å²) in [6.45, 7) is 2.71. The Kier molecular flexibility index (Phi) is 5.50. The summed E-state index contributed by atoms with van der Waals surface area (Å²) in [6.07, 6.45) is 0. The molecule has 24 heavy (non-hydrogen) atoms. The first-order chi connectivity index (χ1) is 11.7. The maximum Gasteiger partial charge on any atom is 0.265 e. The van der Waals surface area contributed by atoms with Crippen molar-refractivity contribution in [3.8, 4) is 0 Å². The van der Waals surface area contributed by atoms with E-state index in [1.165, 1.54) is 6.07 Å². The van der Waals surface area contributed by atoms with Crippen molar-refractivity contribution >= 4 is 17.7 Å². The molecule has 1 aliphatic heterocycles. The van der Waals surface area contributed by atoms with E-state index in [2.05, 4.69) is 10.3 Å². The average molecular weight is 345 g/mol. The van der Waals surface area contributed by atoms with Crippen LogP contribution in [-0.2, 0) is 6.54 Å². The lowest BCUT2D eigenvalue weighted by molar-refractivity contribution is 0.0953. The maximum atomic E-state index is 13.4. The van der Waals surface area contributed by atoms with E-state index in [1.807, 2.05) is 30.0 Å². The lowest BCUT2D eigenvalue weighted by Crippen LogP contribution is -2.34. The van der Waals surface area contributed by atoms with Crippen molar-refractivity contribution in [1.29, 1.82) is 0 Å². The van der Waals surface area contributed by atoms with E-state index in [0.717, 1.165) is 36.5 Å². The molecule has 2 aromatic carbocycles. The fourth-order valence-electron chi connectivity index (χ4n) is 2.86. The van der Waals surface area contributed by atoms with E-state index in [1.54, 1.807) is 24.3 Å². The molecule has 1 fully saturated rings. The number of hydrogen-bond acceptors (Lipinski definition) is 4. The van der Waals surface area contributed by atoms with E-state index >= 15 is 0 Å². The number of nitrogens with two attached hydrogens (primary N) is 1. The van der Waals surface area contributed by atoms with Gasteiger partial charge in [-0.3, -0.25) is 15.1 Å². The number of halogens is 1. The molecule has 1 heterocycles. The molecule has 0 saturated carbocycles. The molecule has 0 aromatic heterocycles. The van der Waals surface area contributed by atoms with E-state index in [-0.39, 0.29) is 17.0 Å². The van der Waals surface area contributed by atoms with Gasteiger partial charge >= 0.3 is 0 Å². The number of nitrogen functional groups attached to an aromatic ring is 1. The van der Waals surface area contributed by atoms with Crippen LogP contribution >= 0.6 is 11.8 Å². The van der Waals surface area contributed by atoms with Gasteiger partial charge in [0.05, 0.1) is 0 Å². The van der Waals surface area contributed by atoms with Gasteiger partial charge in [0, 0.05) is 36.2 Å². The summed E-state index contributed by atoms with van der Waals surface area (Å²) >= 11 is 1.87. The average Bonchev–Trinajstić information content (AvgIpc) is 2.62. The Morgan fingerprint density at radius 3 is 2.79 bits per heavy atom. The Morgan fingerprint density at radius 2 is 2.08 bits per heavy atom. The summed E-state index contributed by atoms with van der Waals surface area (Å²) < 4.78 is 13.4. The van der Waals surface area contributed by atoms with Gasteiger partial charge in [-0.1, -0.05) is 24.3 Å². The quantitative estimate of drug-likeness (QED) is 0.508. The third kappa shape index (κ3) is 4.14. The maximum absolute atomic E-state index is 13.4. The standard InChI is InChI=1S/C18H20FN3OS/c19-16-3-1-2-15(10-16)17-12-22(8-9-24-17)11-13-4-6-14(7-5-13)18(23)21-20/h1-7,10,17H,8-9,11-12,20H2,(H,21,23). The topological polar surface area (TPSA) is 58.4 Å². The number of rotatable bonds is 4. The summed E-state index contributed by atoms with van der Waals surface area (Å²) in [6, 6.07) is 14.3. The molecule has 1 amide bonds. The van der Waals surface area contributed by atoms with Crippen molar-refractivity contribution in [3.63, 3.8) is 0 Å². The van der Waals surface area contributed by atoms with Gasteiger partial charge in [-0.15, -0.1) is 0 Å². The molecule has 1 atom stereocenters. The van der Waals surface area contributed by atoms with Crippen molar-refractivity contribution < 1.29 is 9.18 Å². The first-order valence-corrected chi connectivity index (χ1v) is 8.90. The molecule has 3 rings (SSSR count). The van der Waals surface area contributed by atoms with Gasteiger partial charge in [-0.2, -0.15) is 11.8 Å². The lowest BCUT2D eigenvalue weighted by Gasteiger charge is -2.32.